The number of nitrogens with zero attached hydrogens (tertiary/aromatic N) is 4. The van der Waals surface area contributed by atoms with Gasteiger partial charge in [0.25, 0.3) is 5.56 Å². The fraction of sp³-hybridized carbons (Fsp3) is 0.250. The summed E-state index contributed by atoms with van der Waals surface area (Å²) >= 11 is 1.51. The van der Waals surface area contributed by atoms with Crippen molar-refractivity contribution in [1.82, 2.24) is 24.6 Å². The van der Waals surface area contributed by atoms with Gasteiger partial charge in [-0.25, -0.2) is 9.67 Å². The quantitative estimate of drug-likeness (QED) is 0.256. The Morgan fingerprint density at radius 2 is 1.70 bits per heavy atom. The molecule has 5 aromatic rings. The third-order valence-corrected chi connectivity index (χ3v) is 8.78. The van der Waals surface area contributed by atoms with E-state index in [4.69, 9.17) is 4.98 Å². The zero-order valence-corrected chi connectivity index (χ0v) is 23.4. The van der Waals surface area contributed by atoms with Crippen molar-refractivity contribution in [3.8, 4) is 5.69 Å². The molecule has 7 nitrogen and oxygen atoms in total. The second-order valence-corrected chi connectivity index (χ2v) is 11.3. The van der Waals surface area contributed by atoms with E-state index in [1.807, 2.05) is 48.5 Å². The number of fused-ring (bicyclic) bond motifs is 2. The van der Waals surface area contributed by atoms with E-state index in [1.54, 1.807) is 15.4 Å². The molecule has 1 N–H and O–H groups in total. The molecule has 1 aliphatic rings. The fourth-order valence-electron chi connectivity index (χ4n) is 5.37. The summed E-state index contributed by atoms with van der Waals surface area (Å²) in [4.78, 5) is 31.3. The third kappa shape index (κ3) is 5.07. The van der Waals surface area contributed by atoms with Crippen LogP contribution in [0.15, 0.2) is 95.0 Å². The zero-order chi connectivity index (χ0) is 27.6. The van der Waals surface area contributed by atoms with Crippen LogP contribution < -0.4 is 10.9 Å². The molecular weight excluding hydrogens is 518 g/mol. The van der Waals surface area contributed by atoms with Crippen LogP contribution in [0, 0.1) is 13.8 Å². The molecule has 0 spiro atoms. The number of amides is 1. The molecule has 0 radical (unpaired) electrons. The van der Waals surface area contributed by atoms with Gasteiger partial charge in [-0.3, -0.25) is 14.2 Å². The molecule has 6 rings (SSSR count). The molecule has 3 heterocycles. The molecule has 1 aliphatic heterocycles. The Morgan fingerprint density at radius 3 is 2.38 bits per heavy atom. The highest BCUT2D eigenvalue weighted by atomic mass is 32.2. The van der Waals surface area contributed by atoms with Crippen molar-refractivity contribution in [2.45, 2.75) is 43.8 Å². The molecule has 1 atom stereocenters. The van der Waals surface area contributed by atoms with E-state index in [-0.39, 0.29) is 29.8 Å². The first-order valence-electron chi connectivity index (χ1n) is 13.6. The number of benzene rings is 3. The van der Waals surface area contributed by atoms with Crippen LogP contribution in [0.25, 0.3) is 16.7 Å². The van der Waals surface area contributed by atoms with Gasteiger partial charge in [0, 0.05) is 24.6 Å². The van der Waals surface area contributed by atoms with Crippen molar-refractivity contribution in [3.05, 3.63) is 118 Å². The van der Waals surface area contributed by atoms with Gasteiger partial charge in [-0.05, 0) is 54.7 Å². The van der Waals surface area contributed by atoms with E-state index < -0.39 is 0 Å². The van der Waals surface area contributed by atoms with Gasteiger partial charge in [0.05, 0.1) is 17.9 Å². The van der Waals surface area contributed by atoms with E-state index in [1.165, 1.54) is 28.5 Å². The molecular formula is C32H31N5O2S. The lowest BCUT2D eigenvalue weighted by atomic mass is 9.88. The Kier molecular flexibility index (Phi) is 7.26. The Bertz CT molecular complexity index is 1690. The normalized spacial score (nSPS) is 14.5. The van der Waals surface area contributed by atoms with Gasteiger partial charge in [0.15, 0.2) is 10.8 Å². The number of hydrogen-bond donors (Lipinski definition) is 1. The van der Waals surface area contributed by atoms with Crippen LogP contribution in [-0.2, 0) is 4.79 Å². The van der Waals surface area contributed by atoms with Crippen LogP contribution in [0.2, 0.25) is 0 Å². The number of nitrogens with one attached hydrogen (secondary N) is 1. The van der Waals surface area contributed by atoms with Crippen LogP contribution in [-0.4, -0.2) is 37.5 Å². The predicted octanol–water partition coefficient (Wildman–Crippen LogP) is 5.57. The highest BCUT2D eigenvalue weighted by Gasteiger charge is 2.29. The summed E-state index contributed by atoms with van der Waals surface area (Å²) in [5.41, 5.74) is 6.08. The van der Waals surface area contributed by atoms with E-state index in [9.17, 15) is 9.59 Å². The number of aromatic nitrogens is 4. The number of carbonyl (C=O) groups excluding carboxylic acids is 1. The van der Waals surface area contributed by atoms with E-state index in [0.29, 0.717) is 28.5 Å². The van der Waals surface area contributed by atoms with Crippen molar-refractivity contribution >= 4 is 28.7 Å². The molecule has 202 valence electrons. The largest absolute Gasteiger partial charge is 0.356 e. The van der Waals surface area contributed by atoms with E-state index in [0.717, 1.165) is 17.7 Å². The molecule has 40 heavy (non-hydrogen) atoms. The van der Waals surface area contributed by atoms with Gasteiger partial charge in [-0.1, -0.05) is 78.5 Å². The Labute approximate surface area is 237 Å². The lowest BCUT2D eigenvalue weighted by Gasteiger charge is -2.19. The molecule has 1 amide bonds. The van der Waals surface area contributed by atoms with Crippen molar-refractivity contribution in [3.63, 3.8) is 0 Å². The second-order valence-electron chi connectivity index (χ2n) is 10.3. The van der Waals surface area contributed by atoms with Crippen molar-refractivity contribution < 1.29 is 4.79 Å². The number of aryl methyl sites for hydroxylation is 2. The second kappa shape index (κ2) is 11.1. The number of thioether (sulfide) groups is 1. The van der Waals surface area contributed by atoms with E-state index in [2.05, 4.69) is 54.6 Å². The van der Waals surface area contributed by atoms with Crippen molar-refractivity contribution in [2.75, 3.05) is 12.3 Å². The van der Waals surface area contributed by atoms with Crippen LogP contribution >= 0.6 is 11.8 Å². The first-order chi connectivity index (χ1) is 19.5. The summed E-state index contributed by atoms with van der Waals surface area (Å²) in [6.45, 7) is 4.67. The lowest BCUT2D eigenvalue weighted by Crippen LogP contribution is -2.31. The Hall–Kier alpha value is -4.17. The van der Waals surface area contributed by atoms with Crippen LogP contribution in [0.3, 0.4) is 0 Å². The average molecular weight is 550 g/mol. The van der Waals surface area contributed by atoms with Gasteiger partial charge in [0.2, 0.25) is 5.91 Å². The van der Waals surface area contributed by atoms with Gasteiger partial charge in [-0.15, -0.1) is 0 Å². The average Bonchev–Trinajstić information content (AvgIpc) is 3.58. The van der Waals surface area contributed by atoms with Gasteiger partial charge < -0.3 is 5.32 Å². The molecule has 0 fully saturated rings. The topological polar surface area (TPSA) is 81.8 Å². The summed E-state index contributed by atoms with van der Waals surface area (Å²) in [5, 5.41) is 8.68. The minimum absolute atomic E-state index is 0.0591. The fourth-order valence-corrected chi connectivity index (χ4v) is 6.50. The first-order valence-corrected chi connectivity index (χ1v) is 14.6. The smallest absolute Gasteiger partial charge is 0.265 e. The minimum atomic E-state index is -0.242. The van der Waals surface area contributed by atoms with Crippen molar-refractivity contribution in [2.24, 2.45) is 0 Å². The summed E-state index contributed by atoms with van der Waals surface area (Å²) < 4.78 is 3.40. The molecule has 2 aromatic heterocycles. The highest BCUT2D eigenvalue weighted by Crippen LogP contribution is 2.33. The van der Waals surface area contributed by atoms with Gasteiger partial charge in [-0.2, -0.15) is 5.10 Å². The van der Waals surface area contributed by atoms with Crippen LogP contribution in [0.4, 0.5) is 0 Å². The van der Waals surface area contributed by atoms with Crippen LogP contribution in [0.5, 0.6) is 0 Å². The first kappa shape index (κ1) is 26.1. The van der Waals surface area contributed by atoms with Crippen molar-refractivity contribution in [1.29, 1.82) is 0 Å². The molecule has 0 bridgehead atoms. The molecule has 3 aromatic carbocycles. The summed E-state index contributed by atoms with van der Waals surface area (Å²) in [5.74, 6) is 0.770. The number of hydrogen-bond acceptors (Lipinski definition) is 5. The highest BCUT2D eigenvalue weighted by molar-refractivity contribution is 7.99. The van der Waals surface area contributed by atoms with Crippen LogP contribution in [0.1, 0.15) is 47.1 Å². The standard InChI is InChI=1S/C32H31N5O2S/c1-21-13-14-25(17-22(21)2)37-30-28(19-34-37)31(39)36-26(20-40-32(36)35-30)18-29(38)33-16-15-27(23-9-5-3-6-10-23)24-11-7-4-8-12-24/h3-14,17,19,26-27H,15-16,18,20H2,1-2H3,(H,33,38). The number of carbonyl (C=O) groups is 1. The molecule has 8 heteroatoms. The maximum absolute atomic E-state index is 13.5. The molecule has 0 saturated heterocycles. The van der Waals surface area contributed by atoms with Gasteiger partial charge in [0.1, 0.15) is 5.39 Å². The minimum Gasteiger partial charge on any atom is -0.356 e. The Morgan fingerprint density at radius 1 is 1.00 bits per heavy atom. The predicted molar refractivity (Wildman–Crippen MR) is 159 cm³/mol. The SMILES string of the molecule is Cc1ccc(-n2ncc3c(=O)n4c(nc32)SCC4CC(=O)NCCC(c2ccccc2)c2ccccc2)cc1C. The maximum Gasteiger partial charge on any atom is 0.265 e. The summed E-state index contributed by atoms with van der Waals surface area (Å²) in [6.07, 6.45) is 2.61. The van der Waals surface area contributed by atoms with E-state index >= 15 is 0 Å². The molecule has 1 unspecified atom stereocenters. The summed E-state index contributed by atoms with van der Waals surface area (Å²) in [7, 11) is 0. The zero-order valence-electron chi connectivity index (χ0n) is 22.6. The maximum atomic E-state index is 13.5. The van der Waals surface area contributed by atoms with Gasteiger partial charge >= 0.3 is 0 Å². The lowest BCUT2D eigenvalue weighted by molar-refractivity contribution is -0.121. The monoisotopic (exact) mass is 549 g/mol. The number of rotatable bonds is 8. The summed E-state index contributed by atoms with van der Waals surface area (Å²) in [6, 6.07) is 26.6. The molecule has 0 aliphatic carbocycles. The Balaban J connectivity index is 1.16. The third-order valence-electron chi connectivity index (χ3n) is 7.69. The molecule has 0 saturated carbocycles.